The van der Waals surface area contributed by atoms with E-state index in [0.29, 0.717) is 5.92 Å². The largest absolute Gasteiger partial charge is 0.319 e. The van der Waals surface area contributed by atoms with Crippen molar-refractivity contribution in [2.45, 2.75) is 13.3 Å². The molecule has 1 aliphatic carbocycles. The van der Waals surface area contributed by atoms with Gasteiger partial charge in [-0.05, 0) is 24.5 Å². The van der Waals surface area contributed by atoms with Gasteiger partial charge in [0.25, 0.3) is 5.91 Å². The van der Waals surface area contributed by atoms with Crippen LogP contribution < -0.4 is 4.80 Å². The van der Waals surface area contributed by atoms with E-state index in [-0.39, 0.29) is 11.8 Å². The number of aromatic nitrogens is 1. The van der Waals surface area contributed by atoms with Gasteiger partial charge in [0, 0.05) is 13.0 Å². The standard InChI is InChI=1S/C13H14N2OS/c1-8-7-9(8)12(16)14-13-15(2)10-5-3-4-6-11(10)17-13/h3-6,8-9H,7H2,1-2H3/t8-,9-/m1/s1. The maximum atomic E-state index is 11.8. The number of hydrogen-bond acceptors (Lipinski definition) is 2. The monoisotopic (exact) mass is 246 g/mol. The molecule has 17 heavy (non-hydrogen) atoms. The normalized spacial score (nSPS) is 24.2. The fourth-order valence-corrected chi connectivity index (χ4v) is 3.06. The molecule has 0 N–H and O–H groups in total. The van der Waals surface area contributed by atoms with Crippen molar-refractivity contribution >= 4 is 27.5 Å². The molecule has 1 aromatic heterocycles. The van der Waals surface area contributed by atoms with Gasteiger partial charge in [-0.1, -0.05) is 30.4 Å². The first-order valence-electron chi connectivity index (χ1n) is 5.80. The summed E-state index contributed by atoms with van der Waals surface area (Å²) in [5.74, 6) is 0.728. The molecule has 0 unspecified atom stereocenters. The minimum Gasteiger partial charge on any atom is -0.319 e. The number of rotatable bonds is 1. The lowest BCUT2D eigenvalue weighted by Gasteiger charge is -1.93. The number of thiazole rings is 1. The Balaban J connectivity index is 2.08. The SMILES string of the molecule is C[C@@H]1C[C@H]1C(=O)N=c1sc2ccccc2n1C. The van der Waals surface area contributed by atoms with Crippen molar-refractivity contribution in [3.05, 3.63) is 29.1 Å². The quantitative estimate of drug-likeness (QED) is 0.760. The molecule has 1 heterocycles. The Labute approximate surface area is 103 Å². The zero-order chi connectivity index (χ0) is 12.0. The second kappa shape index (κ2) is 3.81. The van der Waals surface area contributed by atoms with Crippen molar-refractivity contribution in [3.8, 4) is 0 Å². The number of carbonyl (C=O) groups is 1. The smallest absolute Gasteiger partial charge is 0.251 e. The summed E-state index contributed by atoms with van der Waals surface area (Å²) in [5, 5.41) is 0. The number of benzene rings is 1. The number of carbonyl (C=O) groups excluding carboxylic acids is 1. The highest BCUT2D eigenvalue weighted by Crippen LogP contribution is 2.38. The lowest BCUT2D eigenvalue weighted by Crippen LogP contribution is -2.14. The number of para-hydroxylation sites is 1. The summed E-state index contributed by atoms with van der Waals surface area (Å²) in [6.45, 7) is 2.10. The summed E-state index contributed by atoms with van der Waals surface area (Å²) < 4.78 is 3.16. The second-order valence-electron chi connectivity index (χ2n) is 4.68. The molecule has 4 heteroatoms. The third-order valence-electron chi connectivity index (χ3n) is 3.35. The first kappa shape index (κ1) is 10.7. The third-order valence-corrected chi connectivity index (χ3v) is 4.46. The van der Waals surface area contributed by atoms with Crippen LogP contribution in [0.1, 0.15) is 13.3 Å². The molecular weight excluding hydrogens is 232 g/mol. The van der Waals surface area contributed by atoms with Gasteiger partial charge in [0.15, 0.2) is 4.80 Å². The molecule has 1 aliphatic rings. The highest BCUT2D eigenvalue weighted by molar-refractivity contribution is 7.16. The van der Waals surface area contributed by atoms with E-state index in [1.54, 1.807) is 11.3 Å². The van der Waals surface area contributed by atoms with E-state index in [4.69, 9.17) is 0 Å². The van der Waals surface area contributed by atoms with Crippen LogP contribution in [-0.2, 0) is 11.8 Å². The first-order valence-corrected chi connectivity index (χ1v) is 6.61. The van der Waals surface area contributed by atoms with Gasteiger partial charge in [-0.3, -0.25) is 4.79 Å². The van der Waals surface area contributed by atoms with Crippen LogP contribution in [0.5, 0.6) is 0 Å². The van der Waals surface area contributed by atoms with Gasteiger partial charge in [0.05, 0.1) is 10.2 Å². The number of fused-ring (bicyclic) bond motifs is 1. The molecule has 3 nitrogen and oxygen atoms in total. The van der Waals surface area contributed by atoms with Crippen molar-refractivity contribution in [1.29, 1.82) is 0 Å². The summed E-state index contributed by atoms with van der Waals surface area (Å²) in [4.78, 5) is 16.9. The summed E-state index contributed by atoms with van der Waals surface area (Å²) in [6.07, 6.45) is 0.997. The van der Waals surface area contributed by atoms with Gasteiger partial charge in [0.1, 0.15) is 0 Å². The highest BCUT2D eigenvalue weighted by Gasteiger charge is 2.39. The van der Waals surface area contributed by atoms with E-state index in [0.717, 1.165) is 16.7 Å². The fraction of sp³-hybridized carbons (Fsp3) is 0.385. The van der Waals surface area contributed by atoms with Crippen molar-refractivity contribution in [2.24, 2.45) is 23.9 Å². The van der Waals surface area contributed by atoms with Crippen LogP contribution in [-0.4, -0.2) is 10.5 Å². The minimum atomic E-state index is 0.0413. The van der Waals surface area contributed by atoms with Gasteiger partial charge in [-0.2, -0.15) is 4.99 Å². The van der Waals surface area contributed by atoms with E-state index < -0.39 is 0 Å². The van der Waals surface area contributed by atoms with Crippen molar-refractivity contribution in [3.63, 3.8) is 0 Å². The Morgan fingerprint density at radius 2 is 2.18 bits per heavy atom. The first-order chi connectivity index (χ1) is 8.16. The maximum Gasteiger partial charge on any atom is 0.251 e. The van der Waals surface area contributed by atoms with Gasteiger partial charge in [0.2, 0.25) is 0 Å². The molecule has 0 saturated heterocycles. The molecule has 0 spiro atoms. The van der Waals surface area contributed by atoms with Crippen LogP contribution in [0.4, 0.5) is 0 Å². The molecule has 88 valence electrons. The minimum absolute atomic E-state index is 0.0413. The van der Waals surface area contributed by atoms with Gasteiger partial charge >= 0.3 is 0 Å². The fourth-order valence-electron chi connectivity index (χ4n) is 2.03. The van der Waals surface area contributed by atoms with E-state index in [9.17, 15) is 4.79 Å². The molecule has 1 fully saturated rings. The topological polar surface area (TPSA) is 34.4 Å². The lowest BCUT2D eigenvalue weighted by atomic mass is 10.3. The average molecular weight is 246 g/mol. The summed E-state index contributed by atoms with van der Waals surface area (Å²) in [6, 6.07) is 8.12. The van der Waals surface area contributed by atoms with E-state index in [1.807, 2.05) is 23.7 Å². The second-order valence-corrected chi connectivity index (χ2v) is 5.69. The number of aryl methyl sites for hydroxylation is 1. The van der Waals surface area contributed by atoms with Crippen LogP contribution in [0, 0.1) is 11.8 Å². The van der Waals surface area contributed by atoms with E-state index in [2.05, 4.69) is 24.0 Å². The van der Waals surface area contributed by atoms with Crippen LogP contribution in [0.25, 0.3) is 10.2 Å². The zero-order valence-corrected chi connectivity index (χ0v) is 10.7. The van der Waals surface area contributed by atoms with Crippen LogP contribution in [0.2, 0.25) is 0 Å². The van der Waals surface area contributed by atoms with Crippen LogP contribution in [0.3, 0.4) is 0 Å². The van der Waals surface area contributed by atoms with Crippen LogP contribution >= 0.6 is 11.3 Å². The van der Waals surface area contributed by atoms with E-state index >= 15 is 0 Å². The predicted molar refractivity (Wildman–Crippen MR) is 68.6 cm³/mol. The molecule has 2 atom stereocenters. The molecule has 0 bridgehead atoms. The Kier molecular flexibility index (Phi) is 2.40. The Bertz CT molecular complexity index is 653. The molecular formula is C13H14N2OS. The maximum absolute atomic E-state index is 11.8. The Morgan fingerprint density at radius 1 is 1.47 bits per heavy atom. The average Bonchev–Trinajstić information content (AvgIpc) is 2.97. The molecule has 0 radical (unpaired) electrons. The number of hydrogen-bond donors (Lipinski definition) is 0. The van der Waals surface area contributed by atoms with Gasteiger partial charge in [-0.25, -0.2) is 0 Å². The molecule has 2 aromatic rings. The van der Waals surface area contributed by atoms with E-state index in [1.165, 1.54) is 4.70 Å². The summed E-state index contributed by atoms with van der Waals surface area (Å²) >= 11 is 1.57. The number of amides is 1. The predicted octanol–water partition coefficient (Wildman–Crippen LogP) is 2.32. The molecule has 0 aliphatic heterocycles. The van der Waals surface area contributed by atoms with Crippen molar-refractivity contribution < 1.29 is 4.79 Å². The Morgan fingerprint density at radius 3 is 2.82 bits per heavy atom. The summed E-state index contributed by atoms with van der Waals surface area (Å²) in [7, 11) is 1.96. The van der Waals surface area contributed by atoms with Crippen LogP contribution in [0.15, 0.2) is 29.3 Å². The molecule has 1 saturated carbocycles. The van der Waals surface area contributed by atoms with Crippen molar-refractivity contribution in [2.75, 3.05) is 0 Å². The van der Waals surface area contributed by atoms with Gasteiger partial charge < -0.3 is 4.57 Å². The van der Waals surface area contributed by atoms with Gasteiger partial charge in [-0.15, -0.1) is 0 Å². The molecule has 1 amide bonds. The molecule has 1 aromatic carbocycles. The third kappa shape index (κ3) is 1.82. The van der Waals surface area contributed by atoms with Crippen molar-refractivity contribution in [1.82, 2.24) is 4.57 Å². The summed E-state index contributed by atoms with van der Waals surface area (Å²) in [5.41, 5.74) is 1.13. The Hall–Kier alpha value is -1.42. The molecule has 3 rings (SSSR count). The number of nitrogens with zero attached hydrogens (tertiary/aromatic N) is 2. The highest BCUT2D eigenvalue weighted by atomic mass is 32.1. The zero-order valence-electron chi connectivity index (χ0n) is 9.88. The lowest BCUT2D eigenvalue weighted by molar-refractivity contribution is -0.119.